The predicted molar refractivity (Wildman–Crippen MR) is 223 cm³/mol. The Hall–Kier alpha value is -1.17. The summed E-state index contributed by atoms with van der Waals surface area (Å²) in [6.07, 6.45) is 48.4. The first-order valence-corrected chi connectivity index (χ1v) is 22.4. The molecule has 0 fully saturated rings. The number of hydrogen-bond donors (Lipinski definition) is 0. The molecule has 0 N–H and O–H groups in total. The average Bonchev–Trinajstić information content (AvgIpc) is 3.12. The van der Waals surface area contributed by atoms with Gasteiger partial charge in [-0.1, -0.05) is 154 Å². The van der Waals surface area contributed by atoms with Crippen molar-refractivity contribution in [1.29, 1.82) is 0 Å². The van der Waals surface area contributed by atoms with Crippen molar-refractivity contribution in [2.75, 3.05) is 47.1 Å². The molecular weight excluding hydrogens is 631 g/mol. The molecule has 0 aliphatic carbocycles. The molecular formula is C46H89NO4. The van der Waals surface area contributed by atoms with Crippen molar-refractivity contribution < 1.29 is 19.0 Å². The van der Waals surface area contributed by atoms with Gasteiger partial charge in [0.25, 0.3) is 0 Å². The third-order valence-corrected chi connectivity index (χ3v) is 9.78. The maximum atomic E-state index is 12.3. The molecule has 0 aliphatic rings. The second kappa shape index (κ2) is 43.2. The highest BCUT2D eigenvalue weighted by molar-refractivity contribution is 5.69. The van der Waals surface area contributed by atoms with Crippen molar-refractivity contribution in [3.05, 3.63) is 24.3 Å². The molecule has 0 rings (SSSR count). The molecule has 5 heteroatoms. The van der Waals surface area contributed by atoms with E-state index in [-0.39, 0.29) is 12.1 Å². The van der Waals surface area contributed by atoms with Gasteiger partial charge in [0.2, 0.25) is 0 Å². The summed E-state index contributed by atoms with van der Waals surface area (Å²) in [5, 5.41) is 0. The second-order valence-corrected chi connectivity index (χ2v) is 15.4. The van der Waals surface area contributed by atoms with E-state index in [2.05, 4.69) is 57.1 Å². The molecule has 0 aliphatic heterocycles. The zero-order chi connectivity index (χ0) is 37.1. The number of carbonyl (C=O) groups is 1. The Balaban J connectivity index is 3.98. The van der Waals surface area contributed by atoms with Crippen LogP contribution in [0, 0.1) is 0 Å². The lowest BCUT2D eigenvalue weighted by Gasteiger charge is -2.18. The molecule has 1 unspecified atom stereocenters. The van der Waals surface area contributed by atoms with Gasteiger partial charge in [0.05, 0.1) is 6.61 Å². The zero-order valence-corrected chi connectivity index (χ0v) is 34.9. The van der Waals surface area contributed by atoms with Crippen LogP contribution in [-0.2, 0) is 19.0 Å². The van der Waals surface area contributed by atoms with Crippen LogP contribution in [-0.4, -0.2) is 64.0 Å². The normalized spacial score (nSPS) is 12.6. The molecule has 0 saturated carbocycles. The molecule has 0 spiro atoms. The minimum Gasteiger partial charge on any atom is -0.463 e. The molecule has 0 heterocycles. The maximum Gasteiger partial charge on any atom is 0.305 e. The van der Waals surface area contributed by atoms with Gasteiger partial charge in [0, 0.05) is 19.6 Å². The first-order valence-electron chi connectivity index (χ1n) is 22.4. The van der Waals surface area contributed by atoms with E-state index in [9.17, 15) is 4.79 Å². The van der Waals surface area contributed by atoms with E-state index >= 15 is 0 Å². The molecule has 0 saturated heterocycles. The molecule has 51 heavy (non-hydrogen) atoms. The highest BCUT2D eigenvalue weighted by Gasteiger charge is 2.13. The van der Waals surface area contributed by atoms with Gasteiger partial charge in [-0.15, -0.1) is 0 Å². The molecule has 0 aromatic rings. The lowest BCUT2D eigenvalue weighted by Crippen LogP contribution is -2.28. The molecule has 0 radical (unpaired) electrons. The van der Waals surface area contributed by atoms with E-state index in [4.69, 9.17) is 14.2 Å². The average molecular weight is 720 g/mol. The fraction of sp³-hybridized carbons (Fsp3) is 0.891. The van der Waals surface area contributed by atoms with Crippen LogP contribution in [0.2, 0.25) is 0 Å². The van der Waals surface area contributed by atoms with E-state index in [1.165, 1.54) is 167 Å². The van der Waals surface area contributed by atoms with Crippen molar-refractivity contribution in [3.63, 3.8) is 0 Å². The van der Waals surface area contributed by atoms with Gasteiger partial charge in [-0.2, -0.15) is 0 Å². The summed E-state index contributed by atoms with van der Waals surface area (Å²) in [4.78, 5) is 14.5. The number of unbranched alkanes of at least 4 members (excludes halogenated alkanes) is 25. The van der Waals surface area contributed by atoms with Gasteiger partial charge in [-0.05, 0) is 97.7 Å². The fourth-order valence-corrected chi connectivity index (χ4v) is 6.37. The number of nitrogens with zero attached hydrogens (tertiary/aromatic N) is 1. The van der Waals surface area contributed by atoms with Crippen molar-refractivity contribution in [2.24, 2.45) is 0 Å². The van der Waals surface area contributed by atoms with E-state index in [0.29, 0.717) is 26.2 Å². The minimum atomic E-state index is -0.173. The Kier molecular flexibility index (Phi) is 42.2. The van der Waals surface area contributed by atoms with Crippen LogP contribution in [0.15, 0.2) is 24.3 Å². The lowest BCUT2D eigenvalue weighted by molar-refractivity contribution is -0.150. The number of ether oxygens (including phenoxy) is 3. The SMILES string of the molecule is CCCCCCCCC=CCCCCCCCCOCC(COC(=O)CCCCN(C)C)OCCCCCCCCC=CCCCCCCCC. The summed E-state index contributed by atoms with van der Waals surface area (Å²) in [5.41, 5.74) is 0. The third-order valence-electron chi connectivity index (χ3n) is 9.78. The van der Waals surface area contributed by atoms with Crippen LogP contribution < -0.4 is 0 Å². The van der Waals surface area contributed by atoms with Gasteiger partial charge in [0.1, 0.15) is 12.7 Å². The Labute approximate surface area is 319 Å². The fourth-order valence-electron chi connectivity index (χ4n) is 6.37. The van der Waals surface area contributed by atoms with Crippen LogP contribution in [0.4, 0.5) is 0 Å². The van der Waals surface area contributed by atoms with Crippen molar-refractivity contribution in [2.45, 2.75) is 219 Å². The lowest BCUT2D eigenvalue weighted by atomic mass is 10.1. The summed E-state index contributed by atoms with van der Waals surface area (Å²) in [6, 6.07) is 0. The third kappa shape index (κ3) is 43.1. The van der Waals surface area contributed by atoms with Gasteiger partial charge in [0.15, 0.2) is 0 Å². The van der Waals surface area contributed by atoms with Crippen LogP contribution in [0.1, 0.15) is 213 Å². The zero-order valence-electron chi connectivity index (χ0n) is 34.9. The molecule has 302 valence electrons. The monoisotopic (exact) mass is 720 g/mol. The van der Waals surface area contributed by atoms with E-state index in [1.54, 1.807) is 0 Å². The number of carbonyl (C=O) groups excluding carboxylic acids is 1. The van der Waals surface area contributed by atoms with Gasteiger partial charge in [-0.25, -0.2) is 0 Å². The molecule has 0 bridgehead atoms. The molecule has 1 atom stereocenters. The van der Waals surface area contributed by atoms with Crippen molar-refractivity contribution in [1.82, 2.24) is 4.90 Å². The highest BCUT2D eigenvalue weighted by Crippen LogP contribution is 2.12. The maximum absolute atomic E-state index is 12.3. The first-order chi connectivity index (χ1) is 25.1. The number of hydrogen-bond acceptors (Lipinski definition) is 5. The van der Waals surface area contributed by atoms with E-state index in [0.717, 1.165) is 38.8 Å². The summed E-state index contributed by atoms with van der Waals surface area (Å²) in [7, 11) is 4.13. The largest absolute Gasteiger partial charge is 0.463 e. The van der Waals surface area contributed by atoms with Gasteiger partial charge >= 0.3 is 5.97 Å². The highest BCUT2D eigenvalue weighted by atomic mass is 16.6. The number of rotatable bonds is 42. The number of esters is 1. The predicted octanol–water partition coefficient (Wildman–Crippen LogP) is 13.7. The smallest absolute Gasteiger partial charge is 0.305 e. The molecule has 0 aromatic carbocycles. The second-order valence-electron chi connectivity index (χ2n) is 15.4. The van der Waals surface area contributed by atoms with Crippen LogP contribution in [0.25, 0.3) is 0 Å². The summed E-state index contributed by atoms with van der Waals surface area (Å²) >= 11 is 0. The van der Waals surface area contributed by atoms with Crippen LogP contribution >= 0.6 is 0 Å². The Bertz CT molecular complexity index is 737. The number of allylic oxidation sites excluding steroid dienone is 4. The Morgan fingerprint density at radius 2 is 0.902 bits per heavy atom. The molecule has 5 nitrogen and oxygen atoms in total. The summed E-state index contributed by atoms with van der Waals surface area (Å²) < 4.78 is 17.8. The van der Waals surface area contributed by atoms with Crippen LogP contribution in [0.5, 0.6) is 0 Å². The van der Waals surface area contributed by atoms with E-state index < -0.39 is 0 Å². The van der Waals surface area contributed by atoms with Crippen molar-refractivity contribution in [3.8, 4) is 0 Å². The summed E-state index contributed by atoms with van der Waals surface area (Å²) in [6.45, 7) is 7.84. The Morgan fingerprint density at radius 1 is 0.490 bits per heavy atom. The minimum absolute atomic E-state index is 0.118. The quantitative estimate of drug-likeness (QED) is 0.0357. The van der Waals surface area contributed by atoms with Gasteiger partial charge < -0.3 is 19.1 Å². The molecule has 0 aromatic heterocycles. The topological polar surface area (TPSA) is 48.0 Å². The summed E-state index contributed by atoms with van der Waals surface area (Å²) in [5.74, 6) is -0.118. The Morgan fingerprint density at radius 3 is 1.35 bits per heavy atom. The van der Waals surface area contributed by atoms with E-state index in [1.807, 2.05) is 0 Å². The van der Waals surface area contributed by atoms with Crippen LogP contribution in [0.3, 0.4) is 0 Å². The van der Waals surface area contributed by atoms with Crippen molar-refractivity contribution >= 4 is 5.97 Å². The van der Waals surface area contributed by atoms with Gasteiger partial charge in [-0.3, -0.25) is 4.79 Å². The standard InChI is InChI=1S/C46H89NO4/c1-5-7-9-11-13-15-17-19-21-23-25-27-29-31-33-37-41-49-43-45(44-51-46(48)39-35-36-40-47(3)4)50-42-38-34-32-30-28-26-24-22-20-18-16-14-12-10-8-6-2/h19-22,45H,5-18,23-44H2,1-4H3. The molecule has 0 amide bonds. The first kappa shape index (κ1) is 49.8.